The molecule has 0 unspecified atom stereocenters. The number of pyridine rings is 4. The van der Waals surface area contributed by atoms with Crippen molar-refractivity contribution in [2.45, 2.75) is 12.8 Å². The number of nitrogens with zero attached hydrogens (tertiary/aromatic N) is 6. The van der Waals surface area contributed by atoms with E-state index in [1.807, 2.05) is 9.80 Å². The Kier molecular flexibility index (Phi) is 15.9. The van der Waals surface area contributed by atoms with Crippen molar-refractivity contribution >= 4 is 23.6 Å². The van der Waals surface area contributed by atoms with E-state index in [-0.39, 0.29) is 94.1 Å². The van der Waals surface area contributed by atoms with Crippen molar-refractivity contribution < 1.29 is 40.0 Å². The molecule has 310 valence electrons. The zero-order valence-corrected chi connectivity index (χ0v) is 31.2. The summed E-state index contributed by atoms with van der Waals surface area (Å²) < 4.78 is 0.926. The maximum Gasteiger partial charge on any atom is 0.283 e. The topological polar surface area (TPSA) is 292 Å². The molecule has 0 saturated carbocycles. The monoisotopic (exact) mass is 808 g/mol. The van der Waals surface area contributed by atoms with Gasteiger partial charge in [-0.15, -0.1) is 18.9 Å². The molecule has 58 heavy (non-hydrogen) atoms. The van der Waals surface area contributed by atoms with Crippen LogP contribution < -0.4 is 43.5 Å². The van der Waals surface area contributed by atoms with Gasteiger partial charge in [-0.1, -0.05) is 24.3 Å². The minimum atomic E-state index is -0.782. The first-order chi connectivity index (χ1) is 27.8. The molecule has 4 aromatic heterocycles. The van der Waals surface area contributed by atoms with Crippen LogP contribution >= 0.6 is 0 Å². The number of unbranched alkanes of at least 4 members (excludes halogenated alkanes) is 1. The Morgan fingerprint density at radius 3 is 0.845 bits per heavy atom. The van der Waals surface area contributed by atoms with Crippen molar-refractivity contribution in [2.75, 3.05) is 65.4 Å². The maximum absolute atomic E-state index is 12.7. The first kappa shape index (κ1) is 43.5. The van der Waals surface area contributed by atoms with E-state index in [0.717, 1.165) is 24.3 Å². The van der Waals surface area contributed by atoms with Crippen LogP contribution in [-0.2, 0) is 0 Å². The molecule has 0 fully saturated rings. The summed E-state index contributed by atoms with van der Waals surface area (Å²) in [6.45, 7) is 2.32. The second-order valence-corrected chi connectivity index (χ2v) is 12.7. The molecule has 0 aliphatic heterocycles. The summed E-state index contributed by atoms with van der Waals surface area (Å²) in [5.41, 5.74) is -4.18. The molecule has 0 atom stereocenters. The van der Waals surface area contributed by atoms with Gasteiger partial charge in [0.1, 0.15) is 22.8 Å². The molecule has 0 bridgehead atoms. The minimum Gasteiger partial charge on any atom is -0.425 e. The highest BCUT2D eigenvalue weighted by Crippen LogP contribution is 2.02. The van der Waals surface area contributed by atoms with Crippen LogP contribution in [0.5, 0.6) is 0 Å². The number of rotatable bonds is 21. The van der Waals surface area contributed by atoms with E-state index in [1.54, 1.807) is 0 Å². The summed E-state index contributed by atoms with van der Waals surface area (Å²) >= 11 is 0. The summed E-state index contributed by atoms with van der Waals surface area (Å²) in [6.07, 6.45) is 1.14. The van der Waals surface area contributed by atoms with Gasteiger partial charge >= 0.3 is 0 Å². The molecule has 0 spiro atoms. The Morgan fingerprint density at radius 2 is 0.621 bits per heavy atom. The summed E-state index contributed by atoms with van der Waals surface area (Å²) in [5, 5.41) is 50.3. The third-order valence-electron chi connectivity index (χ3n) is 8.70. The van der Waals surface area contributed by atoms with Gasteiger partial charge in [0.2, 0.25) is 0 Å². The van der Waals surface area contributed by atoms with Crippen molar-refractivity contribution in [1.29, 1.82) is 0 Å². The fraction of sp³-hybridized carbons (Fsp3) is 0.333. The fourth-order valence-electron chi connectivity index (χ4n) is 5.63. The molecule has 0 radical (unpaired) electrons. The standard InChI is InChI=1S/C36H44N10O12/c47-29-11-3-7-25(43(29)55)33(51)37-15-21-41(22-16-38-34(52)26-8-4-12-30(48)44(26)56)19-1-2-20-42(23-17-39-35(53)27-9-5-13-31(49)45(27)57)24-18-40-36(54)28-10-6-14-32(50)46(28)58/h3-14,55-58H,1-2,15-24H2,(H,37,51)(H,38,52)(H,39,53)(H,40,54). The van der Waals surface area contributed by atoms with Gasteiger partial charge in [0.15, 0.2) is 0 Å². The predicted octanol–water partition coefficient (Wildman–Crippen LogP) is -2.31. The number of hydrogen-bond acceptors (Lipinski definition) is 14. The number of amides is 4. The summed E-state index contributed by atoms with van der Waals surface area (Å²) in [5.74, 6) is -2.79. The van der Waals surface area contributed by atoms with Gasteiger partial charge in [-0.3, -0.25) is 48.2 Å². The lowest BCUT2D eigenvalue weighted by atomic mass is 10.2. The second kappa shape index (κ2) is 21.2. The molecule has 0 aromatic carbocycles. The largest absolute Gasteiger partial charge is 0.425 e. The molecule has 4 aromatic rings. The van der Waals surface area contributed by atoms with Crippen LogP contribution in [-0.4, -0.2) is 139 Å². The average molecular weight is 809 g/mol. The highest BCUT2D eigenvalue weighted by atomic mass is 16.5. The summed E-state index contributed by atoms with van der Waals surface area (Å²) in [7, 11) is 0. The van der Waals surface area contributed by atoms with Crippen LogP contribution in [0.1, 0.15) is 54.8 Å². The lowest BCUT2D eigenvalue weighted by Crippen LogP contribution is -2.42. The van der Waals surface area contributed by atoms with Gasteiger partial charge in [-0.05, 0) is 50.2 Å². The maximum atomic E-state index is 12.7. The van der Waals surface area contributed by atoms with E-state index >= 15 is 0 Å². The molecule has 0 saturated heterocycles. The molecule has 8 N–H and O–H groups in total. The molecule has 0 aliphatic carbocycles. The van der Waals surface area contributed by atoms with Crippen molar-refractivity contribution in [3.05, 3.63) is 137 Å². The van der Waals surface area contributed by atoms with Crippen LogP contribution in [0.3, 0.4) is 0 Å². The Bertz CT molecular complexity index is 2000. The minimum absolute atomic E-state index is 0.0857. The zero-order chi connectivity index (χ0) is 42.2. The van der Waals surface area contributed by atoms with Crippen molar-refractivity contribution in [2.24, 2.45) is 0 Å². The quantitative estimate of drug-likeness (QED) is 0.0324. The van der Waals surface area contributed by atoms with E-state index < -0.39 is 45.9 Å². The number of hydrogen-bond donors (Lipinski definition) is 8. The van der Waals surface area contributed by atoms with Crippen molar-refractivity contribution in [3.8, 4) is 0 Å². The molecule has 0 aliphatic rings. The molecule has 4 heterocycles. The van der Waals surface area contributed by atoms with Gasteiger partial charge in [0.05, 0.1) is 0 Å². The van der Waals surface area contributed by atoms with Gasteiger partial charge in [-0.2, -0.15) is 0 Å². The normalized spacial score (nSPS) is 11.0. The Labute approximate surface area is 328 Å². The molecule has 22 heteroatoms. The number of nitrogens with one attached hydrogen (secondary N) is 4. The molecule has 4 rings (SSSR count). The van der Waals surface area contributed by atoms with E-state index in [1.165, 1.54) is 48.5 Å². The number of carbonyl (C=O) groups is 4. The van der Waals surface area contributed by atoms with Crippen LogP contribution in [0.4, 0.5) is 0 Å². The average Bonchev–Trinajstić information content (AvgIpc) is 3.19. The summed E-state index contributed by atoms with van der Waals surface area (Å²) in [4.78, 5) is 102. The van der Waals surface area contributed by atoms with Gasteiger partial charge in [0.25, 0.3) is 45.9 Å². The number of carbonyl (C=O) groups excluding carboxylic acids is 4. The Hall–Kier alpha value is -7.20. The highest BCUT2D eigenvalue weighted by molar-refractivity contribution is 5.93. The lowest BCUT2D eigenvalue weighted by molar-refractivity contribution is 0.0867. The Balaban J connectivity index is 1.36. The van der Waals surface area contributed by atoms with E-state index in [0.29, 0.717) is 25.9 Å². The smallest absolute Gasteiger partial charge is 0.283 e. The van der Waals surface area contributed by atoms with E-state index in [9.17, 15) is 59.2 Å². The van der Waals surface area contributed by atoms with Crippen molar-refractivity contribution in [3.63, 3.8) is 0 Å². The van der Waals surface area contributed by atoms with Gasteiger partial charge < -0.3 is 42.1 Å². The van der Waals surface area contributed by atoms with Crippen LogP contribution in [0.2, 0.25) is 0 Å². The molecule has 4 amide bonds. The highest BCUT2D eigenvalue weighted by Gasteiger charge is 2.17. The lowest BCUT2D eigenvalue weighted by Gasteiger charge is -2.25. The third kappa shape index (κ3) is 12.1. The molecular weight excluding hydrogens is 764 g/mol. The van der Waals surface area contributed by atoms with Gasteiger partial charge in [-0.25, -0.2) is 0 Å². The predicted molar refractivity (Wildman–Crippen MR) is 203 cm³/mol. The molecule has 22 nitrogen and oxygen atoms in total. The second-order valence-electron chi connectivity index (χ2n) is 12.7. The number of aromatic nitrogens is 4. The van der Waals surface area contributed by atoms with Crippen LogP contribution in [0.25, 0.3) is 0 Å². The van der Waals surface area contributed by atoms with E-state index in [4.69, 9.17) is 0 Å². The zero-order valence-electron chi connectivity index (χ0n) is 31.2. The van der Waals surface area contributed by atoms with Gasteiger partial charge in [0, 0.05) is 76.6 Å². The SMILES string of the molecule is O=C(NCCN(CCCCN(CCNC(=O)c1cccc(=O)n1O)CCNC(=O)c1cccc(=O)n1O)CCNC(=O)c1cccc(=O)n1O)c1cccc(=O)n1O. The van der Waals surface area contributed by atoms with Crippen LogP contribution in [0.15, 0.2) is 92.0 Å². The molecular formula is C36H44N10O12. The third-order valence-corrected chi connectivity index (χ3v) is 8.70. The fourth-order valence-corrected chi connectivity index (χ4v) is 5.63. The Morgan fingerprint density at radius 1 is 0.397 bits per heavy atom. The van der Waals surface area contributed by atoms with E-state index in [2.05, 4.69) is 21.3 Å². The summed E-state index contributed by atoms with van der Waals surface area (Å²) in [6, 6.07) is 14.8. The van der Waals surface area contributed by atoms with Crippen LogP contribution in [0, 0.1) is 0 Å². The first-order valence-corrected chi connectivity index (χ1v) is 18.0. The first-order valence-electron chi connectivity index (χ1n) is 18.0. The van der Waals surface area contributed by atoms with Crippen molar-refractivity contribution in [1.82, 2.24) is 50.0 Å².